The second-order valence-electron chi connectivity index (χ2n) is 3.91. The summed E-state index contributed by atoms with van der Waals surface area (Å²) in [5.41, 5.74) is 0.0710. The van der Waals surface area contributed by atoms with Crippen molar-refractivity contribution in [1.82, 2.24) is 15.0 Å². The number of fused-ring (bicyclic) bond motifs is 1. The molecule has 0 spiro atoms. The molecule has 3 rings (SSSR count). The van der Waals surface area contributed by atoms with E-state index in [9.17, 15) is 18.0 Å². The van der Waals surface area contributed by atoms with Gasteiger partial charge in [0.05, 0.1) is 10.6 Å². The fraction of sp³-hybridized carbons (Fsp3) is 0. The summed E-state index contributed by atoms with van der Waals surface area (Å²) >= 11 is 0. The van der Waals surface area contributed by atoms with E-state index in [1.807, 2.05) is 0 Å². The van der Waals surface area contributed by atoms with E-state index < -0.39 is 22.0 Å². The molecular weight excluding hydrogens is 288 g/mol. The van der Waals surface area contributed by atoms with Gasteiger partial charge in [0.15, 0.2) is 5.69 Å². The lowest BCUT2D eigenvalue weighted by Gasteiger charge is -2.03. The summed E-state index contributed by atoms with van der Waals surface area (Å²) in [4.78, 5) is 22.7. The van der Waals surface area contributed by atoms with Crippen LogP contribution in [0.4, 0.5) is 0 Å². The molecule has 0 saturated heterocycles. The van der Waals surface area contributed by atoms with E-state index in [0.717, 1.165) is 4.68 Å². The molecule has 0 radical (unpaired) electrons. The van der Waals surface area contributed by atoms with Crippen molar-refractivity contribution in [2.24, 2.45) is 5.14 Å². The number of hydrogen-bond acceptors (Lipinski definition) is 7. The fourth-order valence-corrected chi connectivity index (χ4v) is 2.26. The summed E-state index contributed by atoms with van der Waals surface area (Å²) in [6.45, 7) is 0. The number of hydrogen-bond donors (Lipinski definition) is 1. The predicted octanol–water partition coefficient (Wildman–Crippen LogP) is -0.775. The van der Waals surface area contributed by atoms with Gasteiger partial charge >= 0.3 is 11.9 Å². The lowest BCUT2D eigenvalue weighted by Crippen LogP contribution is -2.12. The lowest BCUT2D eigenvalue weighted by molar-refractivity contribution is 0.0434. The highest BCUT2D eigenvalue weighted by Gasteiger charge is 2.37. The molecule has 9 nitrogen and oxygen atoms in total. The molecule has 0 saturated carbocycles. The molecule has 0 bridgehead atoms. The second-order valence-corrected chi connectivity index (χ2v) is 5.48. The van der Waals surface area contributed by atoms with Crippen molar-refractivity contribution in [3.05, 3.63) is 35.7 Å². The zero-order valence-corrected chi connectivity index (χ0v) is 10.5. The van der Waals surface area contributed by atoms with E-state index in [4.69, 9.17) is 5.14 Å². The lowest BCUT2D eigenvalue weighted by atomic mass is 10.3. The third kappa shape index (κ3) is 1.78. The maximum Gasteiger partial charge on any atom is 0.369 e. The molecule has 1 aromatic carbocycles. The van der Waals surface area contributed by atoms with E-state index in [1.165, 1.54) is 24.3 Å². The predicted molar refractivity (Wildman–Crippen MR) is 62.5 cm³/mol. The molecule has 0 aliphatic carbocycles. The van der Waals surface area contributed by atoms with E-state index in [0.29, 0.717) is 5.69 Å². The first kappa shape index (κ1) is 12.4. The minimum atomic E-state index is -3.81. The van der Waals surface area contributed by atoms with Gasteiger partial charge in [-0.1, -0.05) is 5.21 Å². The van der Waals surface area contributed by atoms with Gasteiger partial charge in [-0.3, -0.25) is 0 Å². The third-order valence-corrected chi connectivity index (χ3v) is 3.58. The number of cyclic esters (lactones) is 2. The van der Waals surface area contributed by atoms with Gasteiger partial charge in [-0.25, -0.2) is 27.8 Å². The Balaban J connectivity index is 2.10. The van der Waals surface area contributed by atoms with E-state index in [-0.39, 0.29) is 16.3 Å². The Morgan fingerprint density at radius 1 is 1.10 bits per heavy atom. The Morgan fingerprint density at radius 3 is 2.35 bits per heavy atom. The van der Waals surface area contributed by atoms with Crippen LogP contribution in [0.2, 0.25) is 0 Å². The summed E-state index contributed by atoms with van der Waals surface area (Å²) in [5, 5.41) is 12.2. The van der Waals surface area contributed by atoms with Crippen molar-refractivity contribution >= 4 is 22.0 Å². The molecule has 2 heterocycles. The summed E-state index contributed by atoms with van der Waals surface area (Å²) < 4.78 is 27.8. The zero-order chi connectivity index (χ0) is 14.5. The standard InChI is InChI=1S/C10H6N4O5S/c11-20(17,18)6-3-1-5(2-4-6)14-8-7(12-13-14)9(15)19-10(8)16/h1-4H,(H2,11,17,18). The quantitative estimate of drug-likeness (QED) is 0.567. The number of rotatable bonds is 2. The number of carbonyl (C=O) groups is 2. The van der Waals surface area contributed by atoms with Crippen molar-refractivity contribution in [3.63, 3.8) is 0 Å². The van der Waals surface area contributed by atoms with Crippen LogP contribution in [0.3, 0.4) is 0 Å². The zero-order valence-electron chi connectivity index (χ0n) is 9.68. The number of benzene rings is 1. The number of esters is 2. The Hall–Kier alpha value is -2.59. The first-order chi connectivity index (χ1) is 9.38. The fourth-order valence-electron chi connectivity index (χ4n) is 1.74. The minimum Gasteiger partial charge on any atom is -0.383 e. The molecule has 2 N–H and O–H groups in total. The van der Waals surface area contributed by atoms with Gasteiger partial charge in [0, 0.05) is 0 Å². The van der Waals surface area contributed by atoms with Crippen LogP contribution in [0.5, 0.6) is 0 Å². The molecule has 0 amide bonds. The first-order valence-corrected chi connectivity index (χ1v) is 6.78. The SMILES string of the molecule is NS(=O)(=O)c1ccc(-n2nnc3c2C(=O)OC3=O)cc1. The number of sulfonamides is 1. The van der Waals surface area contributed by atoms with Crippen molar-refractivity contribution in [2.75, 3.05) is 0 Å². The molecular formula is C10H6N4O5S. The van der Waals surface area contributed by atoms with Crippen molar-refractivity contribution < 1.29 is 22.7 Å². The first-order valence-electron chi connectivity index (χ1n) is 5.23. The molecule has 1 aromatic heterocycles. The van der Waals surface area contributed by atoms with Gasteiger partial charge in [0.1, 0.15) is 0 Å². The summed E-state index contributed by atoms with van der Waals surface area (Å²) in [6.07, 6.45) is 0. The molecule has 0 fully saturated rings. The van der Waals surface area contributed by atoms with Gasteiger partial charge in [0.25, 0.3) is 0 Å². The topological polar surface area (TPSA) is 134 Å². The average molecular weight is 294 g/mol. The second kappa shape index (κ2) is 3.95. The molecule has 102 valence electrons. The van der Waals surface area contributed by atoms with Crippen LogP contribution in [0.1, 0.15) is 21.0 Å². The number of aromatic nitrogens is 3. The van der Waals surface area contributed by atoms with E-state index in [2.05, 4.69) is 15.0 Å². The Labute approximate surface area is 112 Å². The van der Waals surface area contributed by atoms with Gasteiger partial charge in [-0.15, -0.1) is 5.10 Å². The normalized spacial score (nSPS) is 14.2. The number of primary sulfonamides is 1. The van der Waals surface area contributed by atoms with Crippen molar-refractivity contribution in [2.45, 2.75) is 4.90 Å². The summed E-state index contributed by atoms with van der Waals surface area (Å²) in [5.74, 6) is -1.72. The van der Waals surface area contributed by atoms with Gasteiger partial charge in [-0.2, -0.15) is 0 Å². The van der Waals surface area contributed by atoms with Crippen LogP contribution >= 0.6 is 0 Å². The average Bonchev–Trinajstić information content (AvgIpc) is 2.92. The highest BCUT2D eigenvalue weighted by Crippen LogP contribution is 2.21. The monoisotopic (exact) mass is 294 g/mol. The highest BCUT2D eigenvalue weighted by molar-refractivity contribution is 7.89. The minimum absolute atomic E-state index is 0.0864. The van der Waals surface area contributed by atoms with Crippen molar-refractivity contribution in [3.8, 4) is 5.69 Å². The van der Waals surface area contributed by atoms with Crippen LogP contribution in [0.25, 0.3) is 5.69 Å². The van der Waals surface area contributed by atoms with Crippen LogP contribution < -0.4 is 5.14 Å². The number of ether oxygens (including phenoxy) is 1. The largest absolute Gasteiger partial charge is 0.383 e. The molecule has 0 atom stereocenters. The molecule has 20 heavy (non-hydrogen) atoms. The number of nitrogens with two attached hydrogens (primary N) is 1. The van der Waals surface area contributed by atoms with Crippen LogP contribution in [0.15, 0.2) is 29.2 Å². The van der Waals surface area contributed by atoms with Crippen LogP contribution in [0, 0.1) is 0 Å². The maximum atomic E-state index is 11.5. The smallest absolute Gasteiger partial charge is 0.369 e. The third-order valence-electron chi connectivity index (χ3n) is 2.65. The van der Waals surface area contributed by atoms with Crippen LogP contribution in [-0.4, -0.2) is 35.4 Å². The molecule has 2 aromatic rings. The Kier molecular flexibility index (Phi) is 2.46. The van der Waals surface area contributed by atoms with Gasteiger partial charge < -0.3 is 4.74 Å². The van der Waals surface area contributed by atoms with Gasteiger partial charge in [-0.05, 0) is 24.3 Å². The summed E-state index contributed by atoms with van der Waals surface area (Å²) in [6, 6.07) is 5.26. The Bertz CT molecular complexity index is 837. The van der Waals surface area contributed by atoms with Gasteiger partial charge in [0.2, 0.25) is 15.7 Å². The van der Waals surface area contributed by atoms with Crippen LogP contribution in [-0.2, 0) is 14.8 Å². The Morgan fingerprint density at radius 2 is 1.75 bits per heavy atom. The molecule has 10 heteroatoms. The number of carbonyl (C=O) groups excluding carboxylic acids is 2. The molecule has 1 aliphatic heterocycles. The summed E-state index contributed by atoms with van der Waals surface area (Å²) in [7, 11) is -3.81. The highest BCUT2D eigenvalue weighted by atomic mass is 32.2. The molecule has 1 aliphatic rings. The van der Waals surface area contributed by atoms with Crippen molar-refractivity contribution in [1.29, 1.82) is 0 Å². The maximum absolute atomic E-state index is 11.5. The number of nitrogens with zero attached hydrogens (tertiary/aromatic N) is 3. The molecule has 0 unspecified atom stereocenters. The van der Waals surface area contributed by atoms with E-state index in [1.54, 1.807) is 0 Å². The van der Waals surface area contributed by atoms with E-state index >= 15 is 0 Å².